The number of amides is 1. The fourth-order valence-electron chi connectivity index (χ4n) is 2.40. The maximum Gasteiger partial charge on any atom is 0.408 e. The van der Waals surface area contributed by atoms with E-state index in [1.807, 2.05) is 26.2 Å². The van der Waals surface area contributed by atoms with Gasteiger partial charge in [-0.15, -0.1) is 11.3 Å². The van der Waals surface area contributed by atoms with Gasteiger partial charge in [0.25, 0.3) is 0 Å². The Morgan fingerprint density at radius 2 is 2.04 bits per heavy atom. The molecular weight excluding hydrogens is 350 g/mol. The molecule has 2 aliphatic rings. The first-order chi connectivity index (χ1) is 11.0. The molecule has 2 fully saturated rings. The number of anilines is 1. The molecule has 0 bridgehead atoms. The van der Waals surface area contributed by atoms with E-state index in [2.05, 4.69) is 10.3 Å². The SMILES string of the molecule is CN(c1nc(C2(NC(=O)OC(C)(C)C)CC2)cs1)S(=O)(=O)C1CC1. The van der Waals surface area contributed by atoms with Crippen molar-refractivity contribution in [2.24, 2.45) is 0 Å². The molecule has 0 atom stereocenters. The van der Waals surface area contributed by atoms with Crippen molar-refractivity contribution in [3.63, 3.8) is 0 Å². The molecule has 0 unspecified atom stereocenters. The molecule has 1 amide bonds. The Kier molecular flexibility index (Phi) is 4.07. The number of sulfonamides is 1. The number of alkyl carbamates (subject to hydrolysis) is 1. The number of carbonyl (C=O) groups is 1. The minimum absolute atomic E-state index is 0.273. The molecule has 0 saturated heterocycles. The highest BCUT2D eigenvalue weighted by Crippen LogP contribution is 2.47. The molecule has 24 heavy (non-hydrogen) atoms. The van der Waals surface area contributed by atoms with E-state index in [1.54, 1.807) is 0 Å². The van der Waals surface area contributed by atoms with E-state index < -0.39 is 27.3 Å². The number of nitrogens with zero attached hydrogens (tertiary/aromatic N) is 2. The lowest BCUT2D eigenvalue weighted by atomic mass is 10.2. The number of rotatable bonds is 5. The summed E-state index contributed by atoms with van der Waals surface area (Å²) >= 11 is 1.28. The predicted molar refractivity (Wildman–Crippen MR) is 92.7 cm³/mol. The summed E-state index contributed by atoms with van der Waals surface area (Å²) in [4.78, 5) is 16.5. The first-order valence-corrected chi connectivity index (χ1v) is 10.4. The highest BCUT2D eigenvalue weighted by atomic mass is 32.2. The summed E-state index contributed by atoms with van der Waals surface area (Å²) < 4.78 is 31.2. The summed E-state index contributed by atoms with van der Waals surface area (Å²) in [5, 5.41) is 4.86. The molecule has 0 aromatic carbocycles. The number of carbonyl (C=O) groups excluding carboxylic acids is 1. The Balaban J connectivity index is 1.72. The number of hydrogen-bond donors (Lipinski definition) is 1. The van der Waals surface area contributed by atoms with Crippen LogP contribution >= 0.6 is 11.3 Å². The standard InChI is InChI=1S/C15H23N3O4S2/c1-14(2,3)22-13(19)17-15(7-8-15)11-9-23-12(16-11)18(4)24(20,21)10-5-6-10/h9-10H,5-8H2,1-4H3,(H,17,19). The first-order valence-electron chi connectivity index (χ1n) is 7.98. The lowest BCUT2D eigenvalue weighted by molar-refractivity contribution is 0.0494. The zero-order valence-electron chi connectivity index (χ0n) is 14.3. The van der Waals surface area contributed by atoms with Gasteiger partial charge in [-0.25, -0.2) is 22.5 Å². The molecule has 7 nitrogen and oxygen atoms in total. The van der Waals surface area contributed by atoms with Crippen LogP contribution in [0.2, 0.25) is 0 Å². The summed E-state index contributed by atoms with van der Waals surface area (Å²) in [6.07, 6.45) is 2.50. The summed E-state index contributed by atoms with van der Waals surface area (Å²) in [6, 6.07) is 0. The van der Waals surface area contributed by atoms with Crippen LogP contribution in [0.1, 0.15) is 52.1 Å². The second-order valence-corrected chi connectivity index (χ2v) is 10.5. The third-order valence-electron chi connectivity index (χ3n) is 4.07. The minimum atomic E-state index is -3.31. The first kappa shape index (κ1) is 17.5. The smallest absolute Gasteiger partial charge is 0.408 e. The molecule has 3 rings (SSSR count). The van der Waals surface area contributed by atoms with Crippen molar-refractivity contribution in [3.05, 3.63) is 11.1 Å². The number of hydrogen-bond acceptors (Lipinski definition) is 6. The predicted octanol–water partition coefficient (Wildman–Crippen LogP) is 2.59. The van der Waals surface area contributed by atoms with Crippen LogP contribution < -0.4 is 9.62 Å². The summed E-state index contributed by atoms with van der Waals surface area (Å²) in [6.45, 7) is 5.43. The molecular formula is C15H23N3O4S2. The lowest BCUT2D eigenvalue weighted by Crippen LogP contribution is -2.39. The molecule has 2 saturated carbocycles. The second-order valence-electron chi connectivity index (χ2n) is 7.44. The Morgan fingerprint density at radius 1 is 1.42 bits per heavy atom. The highest BCUT2D eigenvalue weighted by molar-refractivity contribution is 7.93. The zero-order valence-corrected chi connectivity index (χ0v) is 16.0. The van der Waals surface area contributed by atoms with E-state index in [9.17, 15) is 13.2 Å². The van der Waals surface area contributed by atoms with Crippen molar-refractivity contribution < 1.29 is 17.9 Å². The second kappa shape index (κ2) is 5.59. The van der Waals surface area contributed by atoms with Gasteiger partial charge < -0.3 is 10.1 Å². The third kappa shape index (κ3) is 3.51. The fourth-order valence-corrected chi connectivity index (χ4v) is 5.07. The van der Waals surface area contributed by atoms with Gasteiger partial charge in [0.2, 0.25) is 10.0 Å². The molecule has 1 heterocycles. The van der Waals surface area contributed by atoms with Crippen molar-refractivity contribution in [3.8, 4) is 0 Å². The van der Waals surface area contributed by atoms with Gasteiger partial charge in [-0.05, 0) is 46.5 Å². The number of thiazole rings is 1. The molecule has 134 valence electrons. The van der Waals surface area contributed by atoms with E-state index in [0.717, 1.165) is 25.7 Å². The summed E-state index contributed by atoms with van der Waals surface area (Å²) in [7, 11) is -1.77. The van der Waals surface area contributed by atoms with Crippen LogP contribution in [0.25, 0.3) is 0 Å². The van der Waals surface area contributed by atoms with Crippen molar-refractivity contribution in [1.29, 1.82) is 0 Å². The van der Waals surface area contributed by atoms with Crippen molar-refractivity contribution >= 4 is 32.6 Å². The van der Waals surface area contributed by atoms with Crippen LogP contribution in [0.4, 0.5) is 9.93 Å². The van der Waals surface area contributed by atoms with E-state index in [-0.39, 0.29) is 5.25 Å². The van der Waals surface area contributed by atoms with Gasteiger partial charge in [-0.3, -0.25) is 0 Å². The zero-order chi connectivity index (χ0) is 17.8. The summed E-state index contributed by atoms with van der Waals surface area (Å²) in [5.74, 6) is 0. The number of nitrogens with one attached hydrogen (secondary N) is 1. The lowest BCUT2D eigenvalue weighted by Gasteiger charge is -2.22. The largest absolute Gasteiger partial charge is 0.444 e. The van der Waals surface area contributed by atoms with Crippen LogP contribution in [-0.4, -0.2) is 37.4 Å². The normalized spacial score (nSPS) is 19.7. The molecule has 1 aromatic heterocycles. The van der Waals surface area contributed by atoms with Gasteiger partial charge in [0.05, 0.1) is 16.5 Å². The van der Waals surface area contributed by atoms with Gasteiger partial charge in [0.1, 0.15) is 5.60 Å². The summed E-state index contributed by atoms with van der Waals surface area (Å²) in [5.41, 5.74) is -0.390. The topological polar surface area (TPSA) is 88.6 Å². The van der Waals surface area contributed by atoms with Crippen LogP contribution in [0.15, 0.2) is 5.38 Å². The van der Waals surface area contributed by atoms with Gasteiger partial charge in [0.15, 0.2) is 5.13 Å². The van der Waals surface area contributed by atoms with E-state index >= 15 is 0 Å². The molecule has 2 aliphatic carbocycles. The van der Waals surface area contributed by atoms with Gasteiger partial charge >= 0.3 is 6.09 Å². The van der Waals surface area contributed by atoms with Crippen molar-refractivity contribution in [2.75, 3.05) is 11.4 Å². The van der Waals surface area contributed by atoms with Crippen LogP contribution in [0, 0.1) is 0 Å². The molecule has 1 aromatic rings. The number of aromatic nitrogens is 1. The average Bonchev–Trinajstić information content (AvgIpc) is 3.36. The van der Waals surface area contributed by atoms with Crippen molar-refractivity contribution in [1.82, 2.24) is 10.3 Å². The van der Waals surface area contributed by atoms with E-state index in [1.165, 1.54) is 22.7 Å². The van der Waals surface area contributed by atoms with Crippen LogP contribution in [0.3, 0.4) is 0 Å². The van der Waals surface area contributed by atoms with Gasteiger partial charge in [-0.2, -0.15) is 0 Å². The highest BCUT2D eigenvalue weighted by Gasteiger charge is 2.49. The fraction of sp³-hybridized carbons (Fsp3) is 0.733. The van der Waals surface area contributed by atoms with E-state index in [4.69, 9.17) is 4.74 Å². The Bertz CT molecular complexity index is 743. The molecule has 0 aliphatic heterocycles. The van der Waals surface area contributed by atoms with Crippen LogP contribution in [0.5, 0.6) is 0 Å². The average molecular weight is 374 g/mol. The van der Waals surface area contributed by atoms with Gasteiger partial charge in [0, 0.05) is 12.4 Å². The van der Waals surface area contributed by atoms with Gasteiger partial charge in [-0.1, -0.05) is 0 Å². The quantitative estimate of drug-likeness (QED) is 0.857. The number of ether oxygens (including phenoxy) is 1. The Morgan fingerprint density at radius 3 is 2.54 bits per heavy atom. The molecule has 1 N–H and O–H groups in total. The maximum atomic E-state index is 12.3. The Hall–Kier alpha value is -1.35. The third-order valence-corrected chi connectivity index (χ3v) is 7.35. The van der Waals surface area contributed by atoms with Crippen molar-refractivity contribution in [2.45, 2.75) is 62.8 Å². The maximum absolute atomic E-state index is 12.3. The molecule has 0 radical (unpaired) electrons. The van der Waals surface area contributed by atoms with Crippen LogP contribution in [-0.2, 0) is 20.3 Å². The van der Waals surface area contributed by atoms with E-state index in [0.29, 0.717) is 10.8 Å². The molecule has 9 heteroatoms. The molecule has 0 spiro atoms. The Labute approximate surface area is 146 Å². The minimum Gasteiger partial charge on any atom is -0.444 e. The monoisotopic (exact) mass is 373 g/mol.